The lowest BCUT2D eigenvalue weighted by molar-refractivity contribution is -0.129. The molecule has 6 nitrogen and oxygen atoms in total. The van der Waals surface area contributed by atoms with Crippen LogP contribution >= 0.6 is 0 Å². The lowest BCUT2D eigenvalue weighted by atomic mass is 10.1. The predicted molar refractivity (Wildman–Crippen MR) is 105 cm³/mol. The van der Waals surface area contributed by atoms with E-state index < -0.39 is 23.8 Å². The van der Waals surface area contributed by atoms with Crippen molar-refractivity contribution in [2.24, 2.45) is 5.10 Å². The van der Waals surface area contributed by atoms with E-state index in [1.54, 1.807) is 54.6 Å². The Morgan fingerprint density at radius 2 is 1.72 bits per heavy atom. The fourth-order valence-electron chi connectivity index (χ4n) is 2.42. The highest BCUT2D eigenvalue weighted by atomic mass is 19.1. The van der Waals surface area contributed by atoms with Gasteiger partial charge in [-0.05, 0) is 53.6 Å². The molecule has 3 aromatic carbocycles. The zero-order valence-electron chi connectivity index (χ0n) is 15.2. The number of carbonyl (C=O) groups is 2. The van der Waals surface area contributed by atoms with Crippen LogP contribution in [0.1, 0.15) is 27.6 Å². The van der Waals surface area contributed by atoms with E-state index in [4.69, 9.17) is 4.74 Å². The van der Waals surface area contributed by atoms with E-state index in [1.165, 1.54) is 24.4 Å². The van der Waals surface area contributed by atoms with Crippen LogP contribution in [0.2, 0.25) is 0 Å². The van der Waals surface area contributed by atoms with Gasteiger partial charge in [-0.25, -0.2) is 14.6 Å². The quantitative estimate of drug-likeness (QED) is 0.292. The van der Waals surface area contributed by atoms with E-state index in [-0.39, 0.29) is 11.3 Å². The fourth-order valence-corrected chi connectivity index (χ4v) is 2.42. The molecule has 0 aliphatic rings. The average Bonchev–Trinajstić information content (AvgIpc) is 2.75. The highest BCUT2D eigenvalue weighted by Gasteiger charge is 2.16. The summed E-state index contributed by atoms with van der Waals surface area (Å²) in [6.45, 7) is 0. The smallest absolute Gasteiger partial charge is 0.343 e. The van der Waals surface area contributed by atoms with Crippen LogP contribution in [0.5, 0.6) is 5.75 Å². The Morgan fingerprint density at radius 3 is 2.41 bits per heavy atom. The molecule has 0 heterocycles. The third kappa shape index (κ3) is 5.57. The zero-order valence-corrected chi connectivity index (χ0v) is 15.2. The summed E-state index contributed by atoms with van der Waals surface area (Å²) in [5, 5.41) is 13.8. The Balaban J connectivity index is 1.55. The van der Waals surface area contributed by atoms with Crippen molar-refractivity contribution in [2.45, 2.75) is 6.10 Å². The van der Waals surface area contributed by atoms with Crippen LogP contribution in [0, 0.1) is 5.82 Å². The molecule has 1 amide bonds. The first-order valence-electron chi connectivity index (χ1n) is 8.66. The van der Waals surface area contributed by atoms with Gasteiger partial charge in [0.25, 0.3) is 5.91 Å². The number of hydrogen-bond donors (Lipinski definition) is 2. The van der Waals surface area contributed by atoms with Gasteiger partial charge in [-0.15, -0.1) is 0 Å². The van der Waals surface area contributed by atoms with Crippen molar-refractivity contribution in [3.05, 3.63) is 101 Å². The standard InChI is InChI=1S/C22H17FN2O4/c23-18-8-4-7-17(13-18)22(28)29-19-11-9-15(10-12-19)14-24-25-21(27)20(26)16-5-2-1-3-6-16/h1-14,20,26H,(H,25,27)/b24-14-/t20-/m1/s1. The molecule has 29 heavy (non-hydrogen) atoms. The molecule has 0 radical (unpaired) electrons. The van der Waals surface area contributed by atoms with E-state index in [0.29, 0.717) is 11.1 Å². The van der Waals surface area contributed by atoms with Gasteiger partial charge in [0.2, 0.25) is 0 Å². The average molecular weight is 392 g/mol. The van der Waals surface area contributed by atoms with Gasteiger partial charge in [-0.1, -0.05) is 36.4 Å². The zero-order chi connectivity index (χ0) is 20.6. The number of ether oxygens (including phenoxy) is 1. The van der Waals surface area contributed by atoms with Gasteiger partial charge in [0, 0.05) is 0 Å². The first-order chi connectivity index (χ1) is 14.0. The van der Waals surface area contributed by atoms with Crippen LogP contribution in [0.15, 0.2) is 84.0 Å². The molecule has 0 unspecified atom stereocenters. The van der Waals surface area contributed by atoms with Crippen LogP contribution in [0.25, 0.3) is 0 Å². The Bertz CT molecular complexity index is 1020. The molecular formula is C22H17FN2O4. The maximum absolute atomic E-state index is 13.2. The summed E-state index contributed by atoms with van der Waals surface area (Å²) in [5.74, 6) is -1.58. The molecule has 3 aromatic rings. The summed E-state index contributed by atoms with van der Waals surface area (Å²) in [6, 6.07) is 20.0. The monoisotopic (exact) mass is 392 g/mol. The van der Waals surface area contributed by atoms with Crippen LogP contribution in [-0.4, -0.2) is 23.2 Å². The number of carbonyl (C=O) groups excluding carboxylic acids is 2. The number of rotatable bonds is 6. The molecule has 0 saturated heterocycles. The maximum Gasteiger partial charge on any atom is 0.343 e. The van der Waals surface area contributed by atoms with Crippen LogP contribution in [0.4, 0.5) is 4.39 Å². The van der Waals surface area contributed by atoms with Gasteiger partial charge >= 0.3 is 5.97 Å². The predicted octanol–water partition coefficient (Wildman–Crippen LogP) is 3.23. The van der Waals surface area contributed by atoms with Crippen molar-refractivity contribution in [3.8, 4) is 5.75 Å². The number of benzene rings is 3. The van der Waals surface area contributed by atoms with Crippen LogP contribution in [0.3, 0.4) is 0 Å². The van der Waals surface area contributed by atoms with E-state index in [9.17, 15) is 19.1 Å². The molecule has 1 atom stereocenters. The molecule has 0 aliphatic carbocycles. The van der Waals surface area contributed by atoms with Crippen LogP contribution in [-0.2, 0) is 4.79 Å². The molecule has 0 fully saturated rings. The van der Waals surface area contributed by atoms with Crippen molar-refractivity contribution in [3.63, 3.8) is 0 Å². The molecule has 0 aliphatic heterocycles. The lowest BCUT2D eigenvalue weighted by Crippen LogP contribution is -2.25. The van der Waals surface area contributed by atoms with Gasteiger partial charge in [-0.2, -0.15) is 5.10 Å². The number of esters is 1. The maximum atomic E-state index is 13.2. The Hall–Kier alpha value is -3.84. The third-order valence-electron chi connectivity index (χ3n) is 3.90. The third-order valence-corrected chi connectivity index (χ3v) is 3.90. The molecule has 0 aromatic heterocycles. The van der Waals surface area contributed by atoms with Gasteiger partial charge < -0.3 is 9.84 Å². The summed E-state index contributed by atoms with van der Waals surface area (Å²) in [4.78, 5) is 23.9. The number of halogens is 1. The number of aliphatic hydroxyl groups is 1. The SMILES string of the molecule is O=C(Oc1ccc(/C=N\NC(=O)[C@H](O)c2ccccc2)cc1)c1cccc(F)c1. The first kappa shape index (κ1) is 19.9. The van der Waals surface area contributed by atoms with Gasteiger partial charge in [0.15, 0.2) is 6.10 Å². The summed E-state index contributed by atoms with van der Waals surface area (Å²) >= 11 is 0. The number of hydrogen-bond acceptors (Lipinski definition) is 5. The number of hydrazone groups is 1. The topological polar surface area (TPSA) is 88.0 Å². The summed E-state index contributed by atoms with van der Waals surface area (Å²) in [7, 11) is 0. The minimum Gasteiger partial charge on any atom is -0.423 e. The number of aliphatic hydroxyl groups excluding tert-OH is 1. The van der Waals surface area contributed by atoms with Crippen molar-refractivity contribution in [2.75, 3.05) is 0 Å². The first-order valence-corrected chi connectivity index (χ1v) is 8.66. The van der Waals surface area contributed by atoms with E-state index in [0.717, 1.165) is 6.07 Å². The minimum absolute atomic E-state index is 0.107. The Kier molecular flexibility index (Phi) is 6.44. The van der Waals surface area contributed by atoms with E-state index in [2.05, 4.69) is 10.5 Å². The number of nitrogens with zero attached hydrogens (tertiary/aromatic N) is 1. The van der Waals surface area contributed by atoms with Crippen LogP contribution < -0.4 is 10.2 Å². The van der Waals surface area contributed by atoms with Crippen molar-refractivity contribution < 1.29 is 23.8 Å². The second kappa shape index (κ2) is 9.38. The highest BCUT2D eigenvalue weighted by Crippen LogP contribution is 2.15. The van der Waals surface area contributed by atoms with Crippen molar-refractivity contribution in [1.82, 2.24) is 5.43 Å². The summed E-state index contributed by atoms with van der Waals surface area (Å²) in [5.41, 5.74) is 3.46. The second-order valence-electron chi connectivity index (χ2n) is 6.02. The molecule has 0 saturated carbocycles. The Labute approximate surface area is 166 Å². The normalized spacial score (nSPS) is 11.8. The van der Waals surface area contributed by atoms with Crippen molar-refractivity contribution >= 4 is 18.1 Å². The fraction of sp³-hybridized carbons (Fsp3) is 0.0455. The second-order valence-corrected chi connectivity index (χ2v) is 6.02. The molecule has 7 heteroatoms. The summed E-state index contributed by atoms with van der Waals surface area (Å²) < 4.78 is 18.4. The minimum atomic E-state index is -1.32. The molecule has 0 bridgehead atoms. The number of amides is 1. The molecular weight excluding hydrogens is 375 g/mol. The molecule has 146 valence electrons. The highest BCUT2D eigenvalue weighted by molar-refractivity contribution is 5.91. The molecule has 2 N–H and O–H groups in total. The van der Waals surface area contributed by atoms with Gasteiger partial charge in [0.05, 0.1) is 11.8 Å². The Morgan fingerprint density at radius 1 is 1.00 bits per heavy atom. The largest absolute Gasteiger partial charge is 0.423 e. The van der Waals surface area contributed by atoms with Gasteiger partial charge in [-0.3, -0.25) is 4.79 Å². The van der Waals surface area contributed by atoms with Crippen molar-refractivity contribution in [1.29, 1.82) is 0 Å². The number of nitrogens with one attached hydrogen (secondary N) is 1. The molecule has 3 rings (SSSR count). The van der Waals surface area contributed by atoms with E-state index >= 15 is 0 Å². The van der Waals surface area contributed by atoms with E-state index in [1.807, 2.05) is 0 Å². The molecule has 0 spiro atoms. The lowest BCUT2D eigenvalue weighted by Gasteiger charge is -2.08. The summed E-state index contributed by atoms with van der Waals surface area (Å²) in [6.07, 6.45) is 0.0614. The van der Waals surface area contributed by atoms with Gasteiger partial charge in [0.1, 0.15) is 11.6 Å².